The molecule has 3 aromatic heterocycles. The number of rotatable bonds is 4. The van der Waals surface area contributed by atoms with E-state index in [0.717, 1.165) is 47.5 Å². The van der Waals surface area contributed by atoms with Gasteiger partial charge in [0.05, 0.1) is 11.1 Å². The van der Waals surface area contributed by atoms with Crippen molar-refractivity contribution in [2.24, 2.45) is 0 Å². The third-order valence-electron chi connectivity index (χ3n) is 5.05. The second-order valence-corrected chi connectivity index (χ2v) is 8.11. The van der Waals surface area contributed by atoms with Crippen LogP contribution in [0.3, 0.4) is 0 Å². The van der Waals surface area contributed by atoms with E-state index in [9.17, 15) is 5.11 Å². The van der Waals surface area contributed by atoms with Crippen molar-refractivity contribution < 1.29 is 9.52 Å². The van der Waals surface area contributed by atoms with Crippen molar-refractivity contribution in [2.45, 2.75) is 6.04 Å². The van der Waals surface area contributed by atoms with Crippen LogP contribution in [-0.2, 0) is 0 Å². The van der Waals surface area contributed by atoms with E-state index in [1.165, 1.54) is 22.2 Å². The van der Waals surface area contributed by atoms with Crippen molar-refractivity contribution >= 4 is 33.6 Å². The summed E-state index contributed by atoms with van der Waals surface area (Å²) in [6.45, 7) is 3.37. The Bertz CT molecular complexity index is 1090. The van der Waals surface area contributed by atoms with Gasteiger partial charge in [0, 0.05) is 36.9 Å². The van der Waals surface area contributed by atoms with E-state index >= 15 is 0 Å². The van der Waals surface area contributed by atoms with Gasteiger partial charge in [0.1, 0.15) is 18.1 Å². The van der Waals surface area contributed by atoms with Gasteiger partial charge in [0.25, 0.3) is 0 Å². The van der Waals surface area contributed by atoms with Crippen molar-refractivity contribution in [3.8, 4) is 5.88 Å². The van der Waals surface area contributed by atoms with Crippen molar-refractivity contribution in [1.82, 2.24) is 19.5 Å². The highest BCUT2D eigenvalue weighted by Gasteiger charge is 2.33. The Hall–Kier alpha value is -2.55. The van der Waals surface area contributed by atoms with Gasteiger partial charge in [-0.05, 0) is 30.3 Å². The molecule has 1 unspecified atom stereocenters. The zero-order chi connectivity index (χ0) is 19.1. The third kappa shape index (κ3) is 3.03. The molecule has 0 spiro atoms. The van der Waals surface area contributed by atoms with E-state index in [4.69, 9.17) is 16.0 Å². The number of hydrogen-bond acceptors (Lipinski definition) is 7. The third-order valence-corrected chi connectivity index (χ3v) is 6.37. The van der Waals surface area contributed by atoms with Crippen LogP contribution in [-0.4, -0.2) is 50.8 Å². The summed E-state index contributed by atoms with van der Waals surface area (Å²) in [5.41, 5.74) is 1.13. The van der Waals surface area contributed by atoms with Gasteiger partial charge in [-0.2, -0.15) is 9.61 Å². The number of hydrogen-bond donors (Lipinski definition) is 1. The largest absolute Gasteiger partial charge is 0.492 e. The first-order valence-electron chi connectivity index (χ1n) is 9.00. The van der Waals surface area contributed by atoms with Gasteiger partial charge in [0.2, 0.25) is 10.8 Å². The second kappa shape index (κ2) is 7.12. The molecule has 7 nitrogen and oxygen atoms in total. The lowest BCUT2D eigenvalue weighted by atomic mass is 10.1. The summed E-state index contributed by atoms with van der Waals surface area (Å²) in [5.74, 6) is 0.923. The number of halogens is 1. The van der Waals surface area contributed by atoms with E-state index in [-0.39, 0.29) is 11.9 Å². The van der Waals surface area contributed by atoms with Crippen LogP contribution in [0.5, 0.6) is 5.88 Å². The highest BCUT2D eigenvalue weighted by molar-refractivity contribution is 7.17. The predicted octanol–water partition coefficient (Wildman–Crippen LogP) is 3.65. The molecule has 4 aromatic rings. The average Bonchev–Trinajstić information content (AvgIpc) is 3.44. The molecule has 0 amide bonds. The fraction of sp³-hybridized carbons (Fsp3) is 0.263. The standard InChI is InChI=1S/C19H18ClN5O2S/c20-13-3-1-4-14(11-13)23-6-8-24(9-7-23)16(15-5-2-10-27-15)17-18(26)25-19(28-17)21-12-22-25/h1-5,10-12,16,26H,6-9H2. The first-order valence-corrected chi connectivity index (χ1v) is 10.2. The topological polar surface area (TPSA) is 70.0 Å². The van der Waals surface area contributed by atoms with Crippen molar-refractivity contribution in [2.75, 3.05) is 31.1 Å². The summed E-state index contributed by atoms with van der Waals surface area (Å²) in [5, 5.41) is 15.6. The molecular weight excluding hydrogens is 398 g/mol. The first-order chi connectivity index (χ1) is 13.7. The summed E-state index contributed by atoms with van der Waals surface area (Å²) in [6.07, 6.45) is 3.11. The zero-order valence-electron chi connectivity index (χ0n) is 14.9. The van der Waals surface area contributed by atoms with E-state index in [2.05, 4.69) is 25.9 Å². The van der Waals surface area contributed by atoms with Crippen LogP contribution in [0.2, 0.25) is 5.02 Å². The lowest BCUT2D eigenvalue weighted by Gasteiger charge is -2.39. The van der Waals surface area contributed by atoms with Crippen LogP contribution in [0.25, 0.3) is 4.96 Å². The number of benzene rings is 1. The number of piperazine rings is 1. The monoisotopic (exact) mass is 415 g/mol. The molecule has 0 radical (unpaired) electrons. The molecule has 1 aliphatic heterocycles. The maximum Gasteiger partial charge on any atom is 0.230 e. The molecule has 1 fully saturated rings. The summed E-state index contributed by atoms with van der Waals surface area (Å²) >= 11 is 7.58. The Balaban J connectivity index is 1.43. The average molecular weight is 416 g/mol. The van der Waals surface area contributed by atoms with Gasteiger partial charge >= 0.3 is 0 Å². The summed E-state index contributed by atoms with van der Waals surface area (Å²) < 4.78 is 7.20. The molecule has 1 atom stereocenters. The molecule has 1 aliphatic rings. The Morgan fingerprint density at radius 2 is 2.00 bits per heavy atom. The highest BCUT2D eigenvalue weighted by Crippen LogP contribution is 2.40. The number of nitrogens with zero attached hydrogens (tertiary/aromatic N) is 5. The smallest absolute Gasteiger partial charge is 0.230 e. The first kappa shape index (κ1) is 17.5. The molecule has 1 N–H and O–H groups in total. The molecule has 9 heteroatoms. The van der Waals surface area contributed by atoms with Gasteiger partial charge in [0.15, 0.2) is 0 Å². The van der Waals surface area contributed by atoms with Crippen LogP contribution >= 0.6 is 22.9 Å². The predicted molar refractivity (Wildman–Crippen MR) is 108 cm³/mol. The molecule has 0 saturated carbocycles. The Kier molecular flexibility index (Phi) is 4.46. The summed E-state index contributed by atoms with van der Waals surface area (Å²) in [4.78, 5) is 10.3. The molecular formula is C19H18ClN5O2S. The van der Waals surface area contributed by atoms with Crippen molar-refractivity contribution in [3.63, 3.8) is 0 Å². The van der Waals surface area contributed by atoms with Crippen molar-refractivity contribution in [1.29, 1.82) is 0 Å². The minimum atomic E-state index is -0.176. The Labute approximate surface area is 170 Å². The van der Waals surface area contributed by atoms with Crippen LogP contribution in [0.4, 0.5) is 5.69 Å². The minimum absolute atomic E-state index is 0.121. The number of thiazole rings is 1. The van der Waals surface area contributed by atoms with Gasteiger partial charge in [-0.15, -0.1) is 0 Å². The molecule has 144 valence electrons. The lowest BCUT2D eigenvalue weighted by Crippen LogP contribution is -2.47. The maximum atomic E-state index is 10.7. The van der Waals surface area contributed by atoms with Gasteiger partial charge in [-0.25, -0.2) is 4.98 Å². The van der Waals surface area contributed by atoms with E-state index in [1.54, 1.807) is 6.26 Å². The Morgan fingerprint density at radius 3 is 2.71 bits per heavy atom. The SMILES string of the molecule is Oc1c(C(c2ccco2)N2CCN(c3cccc(Cl)c3)CC2)sc2ncnn12. The van der Waals surface area contributed by atoms with Crippen LogP contribution < -0.4 is 4.90 Å². The minimum Gasteiger partial charge on any atom is -0.492 e. The number of anilines is 1. The van der Waals surface area contributed by atoms with E-state index in [0.29, 0.717) is 4.96 Å². The van der Waals surface area contributed by atoms with Crippen LogP contribution in [0.1, 0.15) is 16.7 Å². The number of furan rings is 1. The number of aromatic nitrogens is 3. The molecule has 28 heavy (non-hydrogen) atoms. The van der Waals surface area contributed by atoms with Crippen LogP contribution in [0.15, 0.2) is 53.4 Å². The molecule has 4 heterocycles. The maximum absolute atomic E-state index is 10.7. The second-order valence-electron chi connectivity index (χ2n) is 6.67. The van der Waals surface area contributed by atoms with Gasteiger partial charge < -0.3 is 14.4 Å². The molecule has 5 rings (SSSR count). The summed E-state index contributed by atoms with van der Waals surface area (Å²) in [6, 6.07) is 11.6. The Morgan fingerprint density at radius 1 is 1.14 bits per heavy atom. The van der Waals surface area contributed by atoms with E-state index < -0.39 is 0 Å². The quantitative estimate of drug-likeness (QED) is 0.548. The summed E-state index contributed by atoms with van der Waals surface area (Å²) in [7, 11) is 0. The lowest BCUT2D eigenvalue weighted by molar-refractivity contribution is 0.191. The zero-order valence-corrected chi connectivity index (χ0v) is 16.5. The number of aromatic hydroxyl groups is 1. The molecule has 0 bridgehead atoms. The molecule has 0 aliphatic carbocycles. The molecule has 1 aromatic carbocycles. The fourth-order valence-corrected chi connectivity index (χ4v) is 4.96. The fourth-order valence-electron chi connectivity index (χ4n) is 3.71. The van der Waals surface area contributed by atoms with Crippen molar-refractivity contribution in [3.05, 3.63) is 64.6 Å². The number of fused-ring (bicyclic) bond motifs is 1. The normalized spacial score (nSPS) is 16.7. The molecule has 1 saturated heterocycles. The van der Waals surface area contributed by atoms with Crippen LogP contribution in [0, 0.1) is 0 Å². The van der Waals surface area contributed by atoms with E-state index in [1.807, 2.05) is 30.3 Å². The van der Waals surface area contributed by atoms with Gasteiger partial charge in [-0.3, -0.25) is 4.90 Å². The highest BCUT2D eigenvalue weighted by atomic mass is 35.5. The van der Waals surface area contributed by atoms with Gasteiger partial charge in [-0.1, -0.05) is 29.0 Å².